The van der Waals surface area contributed by atoms with Crippen molar-refractivity contribution in [3.63, 3.8) is 0 Å². The first-order chi connectivity index (χ1) is 15.7. The van der Waals surface area contributed by atoms with Gasteiger partial charge >= 0.3 is 6.09 Å². The predicted octanol–water partition coefficient (Wildman–Crippen LogP) is 6.59. The summed E-state index contributed by atoms with van der Waals surface area (Å²) in [5.41, 5.74) is 2.20. The molecule has 0 bridgehead atoms. The number of likely N-dealkylation sites (tertiary alicyclic amines) is 1. The predicted molar refractivity (Wildman–Crippen MR) is 134 cm³/mol. The molecule has 176 valence electrons. The van der Waals surface area contributed by atoms with Gasteiger partial charge in [0.1, 0.15) is 5.60 Å². The molecule has 3 aromatic rings. The smallest absolute Gasteiger partial charge is 0.410 e. The number of nitrogens with one attached hydrogen (secondary N) is 1. The molecule has 2 aromatic carbocycles. The van der Waals surface area contributed by atoms with E-state index in [2.05, 4.69) is 9.88 Å². The summed E-state index contributed by atoms with van der Waals surface area (Å²) in [5.74, 6) is 0.724. The fourth-order valence-corrected chi connectivity index (χ4v) is 4.71. The molecule has 1 aromatic heterocycles. The highest BCUT2D eigenvalue weighted by molar-refractivity contribution is 6.36. The van der Waals surface area contributed by atoms with E-state index < -0.39 is 5.60 Å². The third-order valence-corrected chi connectivity index (χ3v) is 6.49. The van der Waals surface area contributed by atoms with E-state index in [1.165, 1.54) is 0 Å². The Kier molecular flexibility index (Phi) is 7.05. The zero-order valence-corrected chi connectivity index (χ0v) is 20.8. The monoisotopic (exact) mass is 488 g/mol. The Balaban J connectivity index is 1.58. The number of ether oxygens (including phenoxy) is 1. The molecular formula is C25H30Cl2N4O2. The molecule has 1 amide bonds. The van der Waals surface area contributed by atoms with E-state index in [0.29, 0.717) is 29.7 Å². The van der Waals surface area contributed by atoms with Crippen molar-refractivity contribution in [2.24, 2.45) is 0 Å². The van der Waals surface area contributed by atoms with Gasteiger partial charge < -0.3 is 19.5 Å². The molecule has 1 N–H and O–H groups in total. The van der Waals surface area contributed by atoms with Crippen LogP contribution in [-0.2, 0) is 11.3 Å². The van der Waals surface area contributed by atoms with E-state index in [1.54, 1.807) is 0 Å². The number of hydrogen-bond donors (Lipinski definition) is 1. The Morgan fingerprint density at radius 1 is 1.12 bits per heavy atom. The summed E-state index contributed by atoms with van der Waals surface area (Å²) in [6.07, 6.45) is 2.73. The zero-order valence-electron chi connectivity index (χ0n) is 19.3. The van der Waals surface area contributed by atoms with Crippen molar-refractivity contribution in [1.29, 1.82) is 0 Å². The number of fused-ring (bicyclic) bond motifs is 1. The van der Waals surface area contributed by atoms with Crippen LogP contribution in [0.3, 0.4) is 0 Å². The van der Waals surface area contributed by atoms with E-state index in [1.807, 2.05) is 68.1 Å². The van der Waals surface area contributed by atoms with Crippen molar-refractivity contribution in [3.8, 4) is 0 Å². The van der Waals surface area contributed by atoms with Gasteiger partial charge in [0, 0.05) is 28.7 Å². The van der Waals surface area contributed by atoms with Crippen LogP contribution in [0.5, 0.6) is 0 Å². The molecule has 0 saturated carbocycles. The molecule has 33 heavy (non-hydrogen) atoms. The SMILES string of the molecule is CC(C)(C)OC(=O)N1CCCC[C@@H]1CNc1nc2ccccc2n1Cc1c(Cl)cccc1Cl. The van der Waals surface area contributed by atoms with Gasteiger partial charge in [0.25, 0.3) is 0 Å². The molecule has 0 aliphatic carbocycles. The molecule has 8 heteroatoms. The van der Waals surface area contributed by atoms with Crippen LogP contribution < -0.4 is 5.32 Å². The van der Waals surface area contributed by atoms with Crippen molar-refractivity contribution >= 4 is 46.3 Å². The maximum absolute atomic E-state index is 12.8. The van der Waals surface area contributed by atoms with Crippen molar-refractivity contribution in [3.05, 3.63) is 58.1 Å². The summed E-state index contributed by atoms with van der Waals surface area (Å²) in [4.78, 5) is 19.4. The third kappa shape index (κ3) is 5.56. The number of piperidine rings is 1. The average molecular weight is 489 g/mol. The molecule has 1 fully saturated rings. The Morgan fingerprint density at radius 2 is 1.85 bits per heavy atom. The Bertz CT molecular complexity index is 1120. The fourth-order valence-electron chi connectivity index (χ4n) is 4.19. The number of benzene rings is 2. The van der Waals surface area contributed by atoms with Crippen LogP contribution in [0.25, 0.3) is 11.0 Å². The quantitative estimate of drug-likeness (QED) is 0.439. The van der Waals surface area contributed by atoms with Crippen LogP contribution in [0.4, 0.5) is 10.7 Å². The topological polar surface area (TPSA) is 59.4 Å². The lowest BCUT2D eigenvalue weighted by Gasteiger charge is -2.36. The lowest BCUT2D eigenvalue weighted by atomic mass is 10.0. The van der Waals surface area contributed by atoms with Gasteiger partial charge in [-0.2, -0.15) is 0 Å². The van der Waals surface area contributed by atoms with Crippen molar-refractivity contribution in [2.45, 2.75) is 58.2 Å². The summed E-state index contributed by atoms with van der Waals surface area (Å²) in [6.45, 7) is 7.45. The highest BCUT2D eigenvalue weighted by Crippen LogP contribution is 2.29. The Labute approximate surface area is 204 Å². The minimum absolute atomic E-state index is 0.0331. The van der Waals surface area contributed by atoms with E-state index >= 15 is 0 Å². The van der Waals surface area contributed by atoms with E-state index in [-0.39, 0.29) is 12.1 Å². The van der Waals surface area contributed by atoms with Crippen LogP contribution in [0, 0.1) is 0 Å². The first-order valence-corrected chi connectivity index (χ1v) is 12.1. The number of nitrogens with zero attached hydrogens (tertiary/aromatic N) is 3. The molecular weight excluding hydrogens is 459 g/mol. The number of aromatic nitrogens is 2. The van der Waals surface area contributed by atoms with Gasteiger partial charge in [0.15, 0.2) is 0 Å². The fraction of sp³-hybridized carbons (Fsp3) is 0.440. The molecule has 1 aliphatic heterocycles. The average Bonchev–Trinajstić information content (AvgIpc) is 3.11. The molecule has 0 spiro atoms. The molecule has 6 nitrogen and oxygen atoms in total. The maximum atomic E-state index is 12.8. The van der Waals surface area contributed by atoms with Gasteiger partial charge in [0.2, 0.25) is 5.95 Å². The number of para-hydroxylation sites is 2. The largest absolute Gasteiger partial charge is 0.444 e. The van der Waals surface area contributed by atoms with E-state index in [0.717, 1.165) is 41.8 Å². The molecule has 0 radical (unpaired) electrons. The second kappa shape index (κ2) is 9.82. The summed E-state index contributed by atoms with van der Waals surface area (Å²) in [6, 6.07) is 13.5. The van der Waals surface area contributed by atoms with Gasteiger partial charge in [-0.05, 0) is 64.3 Å². The lowest BCUT2D eigenvalue weighted by Crippen LogP contribution is -2.49. The number of imidazole rings is 1. The summed E-state index contributed by atoms with van der Waals surface area (Å²) in [5, 5.41) is 4.74. The molecule has 1 aliphatic rings. The van der Waals surface area contributed by atoms with Crippen molar-refractivity contribution < 1.29 is 9.53 Å². The zero-order chi connectivity index (χ0) is 23.6. The standard InChI is InChI=1S/C25H30Cl2N4O2/c1-25(2,3)33-24(32)30-14-7-6-9-17(30)15-28-23-29-21-12-4-5-13-22(21)31(23)16-18-19(26)10-8-11-20(18)27/h4-5,8,10-13,17H,6-7,9,14-16H2,1-3H3,(H,28,29)/t17-/m1/s1. The number of carbonyl (C=O) groups is 1. The van der Waals surface area contributed by atoms with Crippen molar-refractivity contribution in [2.75, 3.05) is 18.4 Å². The number of rotatable bonds is 5. The number of anilines is 1. The molecule has 4 rings (SSSR count). The first kappa shape index (κ1) is 23.7. The molecule has 2 heterocycles. The summed E-state index contributed by atoms with van der Waals surface area (Å²) < 4.78 is 7.73. The number of carbonyl (C=O) groups excluding carboxylic acids is 1. The van der Waals surface area contributed by atoms with Gasteiger partial charge in [-0.1, -0.05) is 41.4 Å². The van der Waals surface area contributed by atoms with Crippen LogP contribution in [0.1, 0.15) is 45.6 Å². The number of halogens is 2. The number of hydrogen-bond acceptors (Lipinski definition) is 4. The molecule has 1 saturated heterocycles. The van der Waals surface area contributed by atoms with Crippen LogP contribution in [0.2, 0.25) is 10.0 Å². The maximum Gasteiger partial charge on any atom is 0.410 e. The Morgan fingerprint density at radius 3 is 2.58 bits per heavy atom. The van der Waals surface area contributed by atoms with E-state index in [9.17, 15) is 4.79 Å². The van der Waals surface area contributed by atoms with Gasteiger partial charge in [-0.3, -0.25) is 0 Å². The second-order valence-electron chi connectivity index (χ2n) is 9.41. The Hall–Kier alpha value is -2.44. The third-order valence-electron chi connectivity index (χ3n) is 5.78. The van der Waals surface area contributed by atoms with Crippen LogP contribution in [0.15, 0.2) is 42.5 Å². The molecule has 0 unspecified atom stereocenters. The minimum Gasteiger partial charge on any atom is -0.444 e. The highest BCUT2D eigenvalue weighted by Gasteiger charge is 2.30. The lowest BCUT2D eigenvalue weighted by molar-refractivity contribution is 0.0114. The summed E-state index contributed by atoms with van der Waals surface area (Å²) >= 11 is 12.9. The van der Waals surface area contributed by atoms with Crippen LogP contribution >= 0.6 is 23.2 Å². The van der Waals surface area contributed by atoms with Crippen LogP contribution in [-0.4, -0.2) is 45.3 Å². The highest BCUT2D eigenvalue weighted by atomic mass is 35.5. The van der Waals surface area contributed by atoms with Crippen molar-refractivity contribution in [1.82, 2.24) is 14.5 Å². The minimum atomic E-state index is -0.519. The number of amides is 1. The summed E-state index contributed by atoms with van der Waals surface area (Å²) in [7, 11) is 0. The van der Waals surface area contributed by atoms with Gasteiger partial charge in [-0.25, -0.2) is 9.78 Å². The van der Waals surface area contributed by atoms with E-state index in [4.69, 9.17) is 32.9 Å². The normalized spacial score (nSPS) is 16.8. The second-order valence-corrected chi connectivity index (χ2v) is 10.2. The van der Waals surface area contributed by atoms with Gasteiger partial charge in [0.05, 0.1) is 23.6 Å². The van der Waals surface area contributed by atoms with Gasteiger partial charge in [-0.15, -0.1) is 0 Å². The first-order valence-electron chi connectivity index (χ1n) is 11.3. The molecule has 1 atom stereocenters.